The Morgan fingerprint density at radius 3 is 2.80 bits per heavy atom. The van der Waals surface area contributed by atoms with Crippen LogP contribution in [0.1, 0.15) is 10.4 Å². The highest BCUT2D eigenvalue weighted by Gasteiger charge is 2.10. The lowest BCUT2D eigenvalue weighted by Gasteiger charge is -2.08. The Morgan fingerprint density at radius 1 is 1.50 bits per heavy atom. The second kappa shape index (κ2) is 7.19. The van der Waals surface area contributed by atoms with Gasteiger partial charge in [-0.05, 0) is 12.1 Å². The molecule has 0 unspecified atom stereocenters. The second-order valence-corrected chi connectivity index (χ2v) is 3.53. The number of anilines is 1. The van der Waals surface area contributed by atoms with Crippen LogP contribution < -0.4 is 16.5 Å². The number of terminal acetylenes is 1. The van der Waals surface area contributed by atoms with Gasteiger partial charge in [-0.3, -0.25) is 15.6 Å². The number of rotatable bonds is 5. The largest absolute Gasteiger partial charge is 0.382 e. The molecule has 1 rings (SSSR count). The maximum atomic E-state index is 11.8. The first kappa shape index (κ1) is 14.7. The molecule has 100 valence electrons. The van der Waals surface area contributed by atoms with E-state index in [9.17, 15) is 4.79 Å². The van der Waals surface area contributed by atoms with Gasteiger partial charge in [-0.1, -0.05) is 18.1 Å². The summed E-state index contributed by atoms with van der Waals surface area (Å²) < 4.78 is 0. The summed E-state index contributed by atoms with van der Waals surface area (Å²) in [7, 11) is 0. The number of hydrogen-bond acceptors (Lipinski definition) is 5. The minimum absolute atomic E-state index is 0.104. The van der Waals surface area contributed by atoms with Crippen molar-refractivity contribution in [3.63, 3.8) is 0 Å². The second-order valence-electron chi connectivity index (χ2n) is 3.53. The summed E-state index contributed by atoms with van der Waals surface area (Å²) in [6.45, 7) is 0.104. The number of amidine groups is 1. The molecule has 0 saturated carbocycles. The van der Waals surface area contributed by atoms with Gasteiger partial charge < -0.3 is 11.1 Å². The van der Waals surface area contributed by atoms with E-state index in [-0.39, 0.29) is 18.2 Å². The summed E-state index contributed by atoms with van der Waals surface area (Å²) in [5.41, 5.74) is 8.11. The first-order valence-corrected chi connectivity index (χ1v) is 5.49. The van der Waals surface area contributed by atoms with E-state index < -0.39 is 5.84 Å². The van der Waals surface area contributed by atoms with Crippen molar-refractivity contribution in [2.24, 2.45) is 10.8 Å². The van der Waals surface area contributed by atoms with Gasteiger partial charge in [-0.25, -0.2) is 0 Å². The average Bonchev–Trinajstić information content (AvgIpc) is 2.45. The summed E-state index contributed by atoms with van der Waals surface area (Å²) in [6.07, 6.45) is 5.07. The Kier molecular flexibility index (Phi) is 5.30. The molecule has 0 aliphatic heterocycles. The first-order valence-electron chi connectivity index (χ1n) is 5.49. The van der Waals surface area contributed by atoms with E-state index in [2.05, 4.69) is 21.8 Å². The molecule has 1 amide bonds. The van der Waals surface area contributed by atoms with Crippen molar-refractivity contribution >= 4 is 23.1 Å². The van der Waals surface area contributed by atoms with Crippen molar-refractivity contribution in [3.05, 3.63) is 29.8 Å². The molecule has 7 heteroatoms. The van der Waals surface area contributed by atoms with Gasteiger partial charge >= 0.3 is 0 Å². The summed E-state index contributed by atoms with van der Waals surface area (Å²) >= 11 is 0. The molecule has 0 bridgehead atoms. The van der Waals surface area contributed by atoms with Crippen LogP contribution in [0.5, 0.6) is 0 Å². The fraction of sp³-hybridized carbons (Fsp3) is 0.0769. The molecule has 1 aromatic carbocycles. The Balaban J connectivity index is 2.98. The van der Waals surface area contributed by atoms with Crippen molar-refractivity contribution in [1.29, 1.82) is 10.7 Å². The van der Waals surface area contributed by atoms with Gasteiger partial charge in [0.25, 0.3) is 5.91 Å². The van der Waals surface area contributed by atoms with E-state index in [4.69, 9.17) is 22.8 Å². The molecular weight excluding hydrogens is 256 g/mol. The van der Waals surface area contributed by atoms with Crippen LogP contribution in [0.2, 0.25) is 0 Å². The number of hydrazone groups is 1. The third-order valence-corrected chi connectivity index (χ3v) is 2.17. The minimum atomic E-state index is -0.464. The molecule has 0 fully saturated rings. The standard InChI is InChI=1S/C13H12N6O/c1-2-7-17-13(20)9-5-3-4-6-10(9)18-19-11(8-14)12(15)16/h1,3-6,18H,7H2,(H3,15,16)(H,17,20)/b19-11+. The zero-order chi connectivity index (χ0) is 15.0. The highest BCUT2D eigenvalue weighted by molar-refractivity contribution is 6.45. The van der Waals surface area contributed by atoms with Crippen molar-refractivity contribution in [3.8, 4) is 18.4 Å². The van der Waals surface area contributed by atoms with Crippen LogP contribution in [-0.2, 0) is 0 Å². The highest BCUT2D eigenvalue weighted by atomic mass is 16.1. The van der Waals surface area contributed by atoms with Crippen LogP contribution in [0.25, 0.3) is 0 Å². The summed E-state index contributed by atoms with van der Waals surface area (Å²) in [5, 5.41) is 22.0. The topological polar surface area (TPSA) is 127 Å². The molecular formula is C13H12N6O. The highest BCUT2D eigenvalue weighted by Crippen LogP contribution is 2.14. The normalized spacial score (nSPS) is 10.0. The van der Waals surface area contributed by atoms with Gasteiger partial charge in [-0.15, -0.1) is 6.42 Å². The molecule has 0 radical (unpaired) electrons. The molecule has 0 atom stereocenters. The van der Waals surface area contributed by atoms with Crippen molar-refractivity contribution in [1.82, 2.24) is 5.32 Å². The fourth-order valence-electron chi connectivity index (χ4n) is 1.27. The predicted octanol–water partition coefficient (Wildman–Crippen LogP) is 0.277. The maximum Gasteiger partial charge on any atom is 0.254 e. The number of hydrogen-bond donors (Lipinski definition) is 4. The number of carbonyl (C=O) groups excluding carboxylic acids is 1. The van der Waals surface area contributed by atoms with Gasteiger partial charge in [0.1, 0.15) is 6.07 Å². The number of benzene rings is 1. The number of nitrogens with zero attached hydrogens (tertiary/aromatic N) is 2. The Hall–Kier alpha value is -3.32. The molecule has 7 nitrogen and oxygen atoms in total. The van der Waals surface area contributed by atoms with E-state index in [0.717, 1.165) is 0 Å². The number of nitriles is 1. The smallest absolute Gasteiger partial charge is 0.254 e. The van der Waals surface area contributed by atoms with Crippen LogP contribution in [0.3, 0.4) is 0 Å². The van der Waals surface area contributed by atoms with Crippen LogP contribution in [-0.4, -0.2) is 24.0 Å². The van der Waals surface area contributed by atoms with Gasteiger partial charge in [0.15, 0.2) is 5.84 Å². The third-order valence-electron chi connectivity index (χ3n) is 2.17. The van der Waals surface area contributed by atoms with Crippen molar-refractivity contribution in [2.75, 3.05) is 12.0 Å². The molecule has 0 aliphatic carbocycles. The van der Waals surface area contributed by atoms with Crippen LogP contribution in [0.15, 0.2) is 29.4 Å². The zero-order valence-electron chi connectivity index (χ0n) is 10.5. The van der Waals surface area contributed by atoms with Crippen LogP contribution in [0.4, 0.5) is 5.69 Å². The van der Waals surface area contributed by atoms with E-state index in [0.29, 0.717) is 11.3 Å². The number of amides is 1. The molecule has 20 heavy (non-hydrogen) atoms. The molecule has 0 heterocycles. The van der Waals surface area contributed by atoms with Crippen molar-refractivity contribution < 1.29 is 4.79 Å². The van der Waals surface area contributed by atoms with E-state index in [1.807, 2.05) is 0 Å². The van der Waals surface area contributed by atoms with Crippen LogP contribution >= 0.6 is 0 Å². The number of nitrogens with one attached hydrogen (secondary N) is 3. The SMILES string of the molecule is C#CCNC(=O)c1ccccc1N/N=C(\C#N)C(=N)N. The maximum absolute atomic E-state index is 11.8. The first-order chi connectivity index (χ1) is 9.60. The van der Waals surface area contributed by atoms with Gasteiger partial charge in [0.05, 0.1) is 17.8 Å². The molecule has 0 saturated heterocycles. The molecule has 0 spiro atoms. The van der Waals surface area contributed by atoms with Gasteiger partial charge in [0.2, 0.25) is 5.71 Å². The lowest BCUT2D eigenvalue weighted by atomic mass is 10.1. The fourth-order valence-corrected chi connectivity index (χ4v) is 1.27. The minimum Gasteiger partial charge on any atom is -0.382 e. The summed E-state index contributed by atoms with van der Waals surface area (Å²) in [5.74, 6) is 1.46. The lowest BCUT2D eigenvalue weighted by molar-refractivity contribution is 0.0959. The monoisotopic (exact) mass is 268 g/mol. The van der Waals surface area contributed by atoms with E-state index >= 15 is 0 Å². The Morgan fingerprint density at radius 2 is 2.20 bits per heavy atom. The van der Waals surface area contributed by atoms with E-state index in [1.54, 1.807) is 30.3 Å². The lowest BCUT2D eigenvalue weighted by Crippen LogP contribution is -2.25. The molecule has 0 aliphatic rings. The van der Waals surface area contributed by atoms with Crippen LogP contribution in [0, 0.1) is 29.1 Å². The number of para-hydroxylation sites is 1. The summed E-state index contributed by atoms with van der Waals surface area (Å²) in [4.78, 5) is 11.8. The average molecular weight is 268 g/mol. The summed E-state index contributed by atoms with van der Waals surface area (Å²) in [6, 6.07) is 8.21. The molecule has 1 aromatic rings. The zero-order valence-corrected chi connectivity index (χ0v) is 10.5. The molecule has 0 aromatic heterocycles. The third kappa shape index (κ3) is 3.86. The van der Waals surface area contributed by atoms with Gasteiger partial charge in [-0.2, -0.15) is 10.4 Å². The van der Waals surface area contributed by atoms with E-state index in [1.165, 1.54) is 0 Å². The number of carbonyl (C=O) groups is 1. The quantitative estimate of drug-likeness (QED) is 0.264. The van der Waals surface area contributed by atoms with Crippen molar-refractivity contribution in [2.45, 2.75) is 0 Å². The molecule has 5 N–H and O–H groups in total. The van der Waals surface area contributed by atoms with Gasteiger partial charge in [0, 0.05) is 0 Å². The Labute approximate surface area is 116 Å². The Bertz CT molecular complexity index is 635. The predicted molar refractivity (Wildman–Crippen MR) is 76.2 cm³/mol. The number of nitrogens with two attached hydrogens (primary N) is 1.